The van der Waals surface area contributed by atoms with E-state index >= 15 is 0 Å². The molecule has 0 fully saturated rings. The Hall–Kier alpha value is -2.44. The summed E-state index contributed by atoms with van der Waals surface area (Å²) in [7, 11) is 0. The van der Waals surface area contributed by atoms with Crippen LogP contribution < -0.4 is 5.32 Å². The van der Waals surface area contributed by atoms with E-state index in [9.17, 15) is 0 Å². The van der Waals surface area contributed by atoms with Crippen molar-refractivity contribution in [3.05, 3.63) is 65.6 Å². The number of hydrogen-bond donors (Lipinski definition) is 1. The third kappa shape index (κ3) is 2.91. The van der Waals surface area contributed by atoms with E-state index in [4.69, 9.17) is 11.6 Å². The molecule has 4 rings (SSSR count). The van der Waals surface area contributed by atoms with Gasteiger partial charge in [0.2, 0.25) is 10.1 Å². The molecular weight excluding hydrogens is 330 g/mol. The van der Waals surface area contributed by atoms with Gasteiger partial charge in [-0.25, -0.2) is 9.50 Å². The number of aromatic nitrogens is 4. The smallest absolute Gasteiger partial charge is 0.214 e. The van der Waals surface area contributed by atoms with Crippen LogP contribution in [0.3, 0.4) is 0 Å². The van der Waals surface area contributed by atoms with Crippen molar-refractivity contribution in [1.29, 1.82) is 0 Å². The lowest BCUT2D eigenvalue weighted by Crippen LogP contribution is -2.00. The molecule has 114 valence electrons. The minimum atomic E-state index is 0.678. The summed E-state index contributed by atoms with van der Waals surface area (Å²) < 4.78 is 1.84. The van der Waals surface area contributed by atoms with Crippen molar-refractivity contribution in [3.63, 3.8) is 0 Å². The predicted molar refractivity (Wildman–Crippen MR) is 92.9 cm³/mol. The second-order valence-corrected chi connectivity index (χ2v) is 6.36. The van der Waals surface area contributed by atoms with E-state index in [0.717, 1.165) is 26.9 Å². The van der Waals surface area contributed by atoms with Crippen molar-refractivity contribution in [2.24, 2.45) is 0 Å². The van der Waals surface area contributed by atoms with Crippen molar-refractivity contribution >= 4 is 33.0 Å². The number of pyridine rings is 1. The maximum Gasteiger partial charge on any atom is 0.214 e. The number of nitrogens with zero attached hydrogens (tertiary/aromatic N) is 4. The summed E-state index contributed by atoms with van der Waals surface area (Å²) >= 11 is 7.58. The molecule has 0 aliphatic carbocycles. The number of imidazole rings is 1. The van der Waals surface area contributed by atoms with Crippen molar-refractivity contribution in [2.45, 2.75) is 6.54 Å². The van der Waals surface area contributed by atoms with Gasteiger partial charge in [0, 0.05) is 29.5 Å². The standard InChI is InChI=1S/C16H12ClN5S/c17-13-5-1-4-12(7-13)14-10-20-16-22(14)21-15(23-16)19-9-11-3-2-6-18-8-11/h1-8,10H,9H2,(H,19,21). The highest BCUT2D eigenvalue weighted by Crippen LogP contribution is 2.27. The fraction of sp³-hybridized carbons (Fsp3) is 0.0625. The van der Waals surface area contributed by atoms with Crippen LogP contribution in [0.5, 0.6) is 0 Å². The molecule has 4 aromatic rings. The molecule has 1 aromatic carbocycles. The number of anilines is 1. The lowest BCUT2D eigenvalue weighted by atomic mass is 10.2. The summed E-state index contributed by atoms with van der Waals surface area (Å²) in [6.07, 6.45) is 5.41. The van der Waals surface area contributed by atoms with Gasteiger partial charge >= 0.3 is 0 Å². The zero-order valence-electron chi connectivity index (χ0n) is 12.0. The Bertz CT molecular complexity index is 947. The highest BCUT2D eigenvalue weighted by atomic mass is 35.5. The quantitative estimate of drug-likeness (QED) is 0.606. The van der Waals surface area contributed by atoms with Crippen molar-refractivity contribution < 1.29 is 0 Å². The molecule has 7 heteroatoms. The Morgan fingerprint density at radius 2 is 2.13 bits per heavy atom. The van der Waals surface area contributed by atoms with Gasteiger partial charge in [-0.3, -0.25) is 4.98 Å². The van der Waals surface area contributed by atoms with E-state index in [1.165, 1.54) is 11.3 Å². The topological polar surface area (TPSA) is 55.1 Å². The Labute approximate surface area is 141 Å². The monoisotopic (exact) mass is 341 g/mol. The van der Waals surface area contributed by atoms with Crippen molar-refractivity contribution in [2.75, 3.05) is 5.32 Å². The third-order valence-corrected chi connectivity index (χ3v) is 4.49. The van der Waals surface area contributed by atoms with E-state index in [1.54, 1.807) is 6.20 Å². The van der Waals surface area contributed by atoms with Crippen LogP contribution in [-0.4, -0.2) is 19.6 Å². The zero-order valence-corrected chi connectivity index (χ0v) is 13.6. The van der Waals surface area contributed by atoms with Gasteiger partial charge < -0.3 is 5.32 Å². The van der Waals surface area contributed by atoms with E-state index in [2.05, 4.69) is 20.4 Å². The van der Waals surface area contributed by atoms with E-state index in [1.807, 2.05) is 53.3 Å². The normalized spacial score (nSPS) is 11.0. The van der Waals surface area contributed by atoms with E-state index in [-0.39, 0.29) is 0 Å². The van der Waals surface area contributed by atoms with Gasteiger partial charge in [0.05, 0.1) is 11.9 Å². The van der Waals surface area contributed by atoms with E-state index < -0.39 is 0 Å². The fourth-order valence-corrected chi connectivity index (χ4v) is 3.25. The van der Waals surface area contributed by atoms with Crippen LogP contribution in [0.15, 0.2) is 55.0 Å². The van der Waals surface area contributed by atoms with Crippen LogP contribution in [0.25, 0.3) is 16.2 Å². The van der Waals surface area contributed by atoms with Crippen LogP contribution in [0.1, 0.15) is 5.56 Å². The van der Waals surface area contributed by atoms with Crippen LogP contribution >= 0.6 is 22.9 Å². The molecule has 0 spiro atoms. The second-order valence-electron chi connectivity index (χ2n) is 4.97. The lowest BCUT2D eigenvalue weighted by Gasteiger charge is -2.01. The van der Waals surface area contributed by atoms with Gasteiger partial charge in [-0.15, -0.1) is 5.10 Å². The van der Waals surface area contributed by atoms with Crippen LogP contribution in [0, 0.1) is 0 Å². The first-order chi connectivity index (χ1) is 11.3. The summed E-state index contributed by atoms with van der Waals surface area (Å²) in [4.78, 5) is 9.37. The molecule has 0 unspecified atom stereocenters. The van der Waals surface area contributed by atoms with Gasteiger partial charge in [-0.05, 0) is 23.8 Å². The number of nitrogens with one attached hydrogen (secondary N) is 1. The molecule has 0 saturated carbocycles. The Balaban J connectivity index is 1.62. The minimum Gasteiger partial charge on any atom is -0.356 e. The van der Waals surface area contributed by atoms with Gasteiger partial charge in [-0.1, -0.05) is 41.1 Å². The molecule has 0 bridgehead atoms. The summed E-state index contributed by atoms with van der Waals surface area (Å²) in [5.74, 6) is 0. The summed E-state index contributed by atoms with van der Waals surface area (Å²) in [5, 5.41) is 9.42. The minimum absolute atomic E-state index is 0.678. The van der Waals surface area contributed by atoms with Crippen molar-refractivity contribution in [3.8, 4) is 11.3 Å². The third-order valence-electron chi connectivity index (χ3n) is 3.37. The average molecular weight is 342 g/mol. The molecule has 0 aliphatic heterocycles. The molecule has 5 nitrogen and oxygen atoms in total. The number of rotatable bonds is 4. The largest absolute Gasteiger partial charge is 0.356 e. The Morgan fingerprint density at radius 1 is 1.17 bits per heavy atom. The maximum atomic E-state index is 6.07. The molecule has 0 radical (unpaired) electrons. The van der Waals surface area contributed by atoms with Gasteiger partial charge in [0.15, 0.2) is 0 Å². The second kappa shape index (κ2) is 5.98. The lowest BCUT2D eigenvalue weighted by molar-refractivity contribution is 0.966. The first-order valence-corrected chi connectivity index (χ1v) is 8.22. The van der Waals surface area contributed by atoms with Crippen LogP contribution in [0.2, 0.25) is 5.02 Å². The van der Waals surface area contributed by atoms with Crippen molar-refractivity contribution in [1.82, 2.24) is 19.6 Å². The summed E-state index contributed by atoms with van der Waals surface area (Å²) in [5.41, 5.74) is 3.03. The predicted octanol–water partition coefficient (Wildman–Crippen LogP) is 4.12. The first kappa shape index (κ1) is 14.2. The van der Waals surface area contributed by atoms with E-state index in [0.29, 0.717) is 11.6 Å². The molecule has 0 amide bonds. The first-order valence-electron chi connectivity index (χ1n) is 7.03. The number of halogens is 1. The Morgan fingerprint density at radius 3 is 2.96 bits per heavy atom. The molecule has 0 atom stereocenters. The van der Waals surface area contributed by atoms with Crippen LogP contribution in [0.4, 0.5) is 5.13 Å². The number of hydrogen-bond acceptors (Lipinski definition) is 5. The Kier molecular flexibility index (Phi) is 3.69. The summed E-state index contributed by atoms with van der Waals surface area (Å²) in [6.45, 7) is 0.678. The summed E-state index contributed by atoms with van der Waals surface area (Å²) in [6, 6.07) is 11.6. The molecule has 1 N–H and O–H groups in total. The molecule has 23 heavy (non-hydrogen) atoms. The molecule has 3 aromatic heterocycles. The fourth-order valence-electron chi connectivity index (χ4n) is 2.29. The van der Waals surface area contributed by atoms with Gasteiger partial charge in [-0.2, -0.15) is 0 Å². The highest BCUT2D eigenvalue weighted by Gasteiger charge is 2.11. The number of fused-ring (bicyclic) bond motifs is 1. The van der Waals surface area contributed by atoms with Gasteiger partial charge in [0.25, 0.3) is 0 Å². The zero-order chi connectivity index (χ0) is 15.6. The SMILES string of the molecule is Clc1cccc(-c2cnc3sc(NCc4cccnc4)nn23)c1. The van der Waals surface area contributed by atoms with Gasteiger partial charge in [0.1, 0.15) is 0 Å². The highest BCUT2D eigenvalue weighted by molar-refractivity contribution is 7.20. The molecule has 0 aliphatic rings. The molecular formula is C16H12ClN5S. The molecule has 3 heterocycles. The number of benzene rings is 1. The average Bonchev–Trinajstić information content (AvgIpc) is 3.14. The maximum absolute atomic E-state index is 6.07. The molecule has 0 saturated heterocycles. The van der Waals surface area contributed by atoms with Crippen LogP contribution in [-0.2, 0) is 6.54 Å².